The Hall–Kier alpha value is -0.820. The average molecular weight is 375 g/mol. The zero-order valence-electron chi connectivity index (χ0n) is 11.3. The van der Waals surface area contributed by atoms with Gasteiger partial charge >= 0.3 is 0 Å². The Morgan fingerprint density at radius 3 is 2.95 bits per heavy atom. The molecule has 0 atom stereocenters. The quantitative estimate of drug-likeness (QED) is 0.368. The van der Waals surface area contributed by atoms with E-state index in [-0.39, 0.29) is 24.0 Å². The van der Waals surface area contributed by atoms with Crippen molar-refractivity contribution < 1.29 is 4.74 Å². The Balaban J connectivity index is 0.00000180. The van der Waals surface area contributed by atoms with Gasteiger partial charge in [-0.2, -0.15) is 0 Å². The molecule has 1 aliphatic rings. The van der Waals surface area contributed by atoms with Crippen molar-refractivity contribution in [1.82, 2.24) is 0 Å². The van der Waals surface area contributed by atoms with Crippen LogP contribution in [0.15, 0.2) is 23.2 Å². The van der Waals surface area contributed by atoms with Gasteiger partial charge in [0.05, 0.1) is 13.2 Å². The molecule has 0 spiro atoms. The van der Waals surface area contributed by atoms with Crippen LogP contribution in [-0.4, -0.2) is 26.2 Å². The summed E-state index contributed by atoms with van der Waals surface area (Å²) < 4.78 is 4.94. The molecule has 19 heavy (non-hydrogen) atoms. The minimum absolute atomic E-state index is 0. The third-order valence-electron chi connectivity index (χ3n) is 3.24. The number of nitrogens with zero attached hydrogens (tertiary/aromatic N) is 1. The van der Waals surface area contributed by atoms with Crippen LogP contribution in [-0.2, 0) is 17.6 Å². The highest BCUT2D eigenvalue weighted by Gasteiger charge is 2.12. The molecule has 1 aromatic carbocycles. The normalized spacial score (nSPS) is 14.5. The van der Waals surface area contributed by atoms with Crippen LogP contribution in [0.3, 0.4) is 0 Å². The van der Waals surface area contributed by atoms with Gasteiger partial charge in [0.1, 0.15) is 0 Å². The number of aryl methyl sites for hydroxylation is 1. The highest BCUT2D eigenvalue weighted by atomic mass is 127. The number of guanidine groups is 1. The van der Waals surface area contributed by atoms with Crippen LogP contribution in [0.1, 0.15) is 24.0 Å². The number of ether oxygens (including phenoxy) is 1. The lowest BCUT2D eigenvalue weighted by molar-refractivity contribution is 0.208. The highest BCUT2D eigenvalue weighted by molar-refractivity contribution is 14.0. The first kappa shape index (κ1) is 16.2. The lowest BCUT2D eigenvalue weighted by Crippen LogP contribution is -2.24. The molecule has 0 bridgehead atoms. The molecule has 3 N–H and O–H groups in total. The van der Waals surface area contributed by atoms with Gasteiger partial charge in [-0.25, -0.2) is 0 Å². The standard InChI is InChI=1S/C14H21N3O.HI/c1-18-10-9-16-14(15)17-13-8-4-6-11-5-2-3-7-12(11)13;/h4,6,8H,2-3,5,7,9-10H2,1H3,(H3,15,16,17);1H. The molecule has 5 heteroatoms. The van der Waals surface area contributed by atoms with Crippen molar-refractivity contribution in [2.45, 2.75) is 25.7 Å². The molecule has 0 aliphatic heterocycles. The van der Waals surface area contributed by atoms with E-state index in [0.717, 1.165) is 12.1 Å². The van der Waals surface area contributed by atoms with Crippen molar-refractivity contribution in [3.05, 3.63) is 29.3 Å². The van der Waals surface area contributed by atoms with E-state index in [9.17, 15) is 0 Å². The smallest absolute Gasteiger partial charge is 0.193 e. The SMILES string of the molecule is COCCN=C(N)Nc1cccc2c1CCCC2.I. The first-order valence-corrected chi connectivity index (χ1v) is 6.48. The Labute approximate surface area is 131 Å². The third kappa shape index (κ3) is 4.65. The summed E-state index contributed by atoms with van der Waals surface area (Å²) in [5, 5.41) is 3.20. The zero-order valence-corrected chi connectivity index (χ0v) is 13.6. The number of hydrogen-bond donors (Lipinski definition) is 2. The Morgan fingerprint density at radius 2 is 2.16 bits per heavy atom. The molecule has 4 nitrogen and oxygen atoms in total. The maximum absolute atomic E-state index is 5.86. The molecule has 106 valence electrons. The fourth-order valence-electron chi connectivity index (χ4n) is 2.33. The third-order valence-corrected chi connectivity index (χ3v) is 3.24. The lowest BCUT2D eigenvalue weighted by atomic mass is 9.90. The maximum Gasteiger partial charge on any atom is 0.193 e. The Morgan fingerprint density at radius 1 is 1.37 bits per heavy atom. The number of hydrogen-bond acceptors (Lipinski definition) is 2. The maximum atomic E-state index is 5.86. The molecule has 0 amide bonds. The van der Waals surface area contributed by atoms with E-state index in [1.54, 1.807) is 7.11 Å². The van der Waals surface area contributed by atoms with Crippen molar-refractivity contribution in [1.29, 1.82) is 0 Å². The number of benzene rings is 1. The minimum Gasteiger partial charge on any atom is -0.383 e. The van der Waals surface area contributed by atoms with Crippen molar-refractivity contribution in [3.8, 4) is 0 Å². The van der Waals surface area contributed by atoms with Crippen molar-refractivity contribution in [2.75, 3.05) is 25.6 Å². The monoisotopic (exact) mass is 375 g/mol. The minimum atomic E-state index is 0. The summed E-state index contributed by atoms with van der Waals surface area (Å²) in [6, 6.07) is 6.36. The van der Waals surface area contributed by atoms with E-state index >= 15 is 0 Å². The average Bonchev–Trinajstić information content (AvgIpc) is 2.39. The first-order chi connectivity index (χ1) is 8.81. The van der Waals surface area contributed by atoms with E-state index in [1.807, 2.05) is 0 Å². The fourth-order valence-corrected chi connectivity index (χ4v) is 2.33. The predicted molar refractivity (Wildman–Crippen MR) is 90.5 cm³/mol. The Kier molecular flexibility index (Phi) is 7.15. The zero-order chi connectivity index (χ0) is 12.8. The second kappa shape index (κ2) is 8.37. The number of rotatable bonds is 4. The molecule has 0 saturated carbocycles. The van der Waals surface area contributed by atoms with Crippen LogP contribution in [0.5, 0.6) is 0 Å². The number of nitrogens with one attached hydrogen (secondary N) is 1. The molecule has 0 saturated heterocycles. The van der Waals surface area contributed by atoms with Gasteiger partial charge in [-0.05, 0) is 42.9 Å². The molecule has 0 aromatic heterocycles. The summed E-state index contributed by atoms with van der Waals surface area (Å²) in [5.74, 6) is 0.464. The number of methoxy groups -OCH3 is 1. The molecule has 0 unspecified atom stereocenters. The molecular weight excluding hydrogens is 353 g/mol. The van der Waals surface area contributed by atoms with E-state index in [0.29, 0.717) is 19.1 Å². The topological polar surface area (TPSA) is 59.6 Å². The number of nitrogens with two attached hydrogens (primary N) is 1. The van der Waals surface area contributed by atoms with Gasteiger partial charge in [-0.15, -0.1) is 24.0 Å². The van der Waals surface area contributed by atoms with Crippen molar-refractivity contribution in [3.63, 3.8) is 0 Å². The fraction of sp³-hybridized carbons (Fsp3) is 0.500. The molecule has 1 aromatic rings. The summed E-state index contributed by atoms with van der Waals surface area (Å²) in [4.78, 5) is 4.22. The lowest BCUT2D eigenvalue weighted by Gasteiger charge is -2.19. The van der Waals surface area contributed by atoms with Crippen LogP contribution in [0.25, 0.3) is 0 Å². The molecule has 0 radical (unpaired) electrons. The van der Waals surface area contributed by atoms with Gasteiger partial charge in [0.25, 0.3) is 0 Å². The molecule has 2 rings (SSSR count). The van der Waals surface area contributed by atoms with Gasteiger partial charge in [0.2, 0.25) is 0 Å². The summed E-state index contributed by atoms with van der Waals surface area (Å²) in [7, 11) is 1.66. The van der Waals surface area contributed by atoms with Crippen LogP contribution in [0.2, 0.25) is 0 Å². The van der Waals surface area contributed by atoms with Crippen LogP contribution in [0.4, 0.5) is 5.69 Å². The van der Waals surface area contributed by atoms with Gasteiger partial charge in [0, 0.05) is 12.8 Å². The first-order valence-electron chi connectivity index (χ1n) is 6.48. The van der Waals surface area contributed by atoms with Crippen LogP contribution in [0, 0.1) is 0 Å². The van der Waals surface area contributed by atoms with Gasteiger partial charge < -0.3 is 15.8 Å². The number of aliphatic imine (C=N–C) groups is 1. The summed E-state index contributed by atoms with van der Waals surface area (Å²) in [5.41, 5.74) is 9.80. The van der Waals surface area contributed by atoms with Crippen molar-refractivity contribution >= 4 is 35.6 Å². The van der Waals surface area contributed by atoms with Gasteiger partial charge in [-0.3, -0.25) is 4.99 Å². The van der Waals surface area contributed by atoms with Gasteiger partial charge in [0.15, 0.2) is 5.96 Å². The van der Waals surface area contributed by atoms with E-state index < -0.39 is 0 Å². The molecule has 1 aliphatic carbocycles. The molecule has 0 heterocycles. The van der Waals surface area contributed by atoms with Crippen LogP contribution < -0.4 is 11.1 Å². The second-order valence-corrected chi connectivity index (χ2v) is 4.54. The van der Waals surface area contributed by atoms with Gasteiger partial charge in [-0.1, -0.05) is 12.1 Å². The summed E-state index contributed by atoms with van der Waals surface area (Å²) >= 11 is 0. The number of fused-ring (bicyclic) bond motifs is 1. The second-order valence-electron chi connectivity index (χ2n) is 4.54. The van der Waals surface area contributed by atoms with E-state index in [1.165, 1.54) is 30.4 Å². The number of halogens is 1. The largest absolute Gasteiger partial charge is 0.383 e. The molecule has 0 fully saturated rings. The summed E-state index contributed by atoms with van der Waals surface area (Å²) in [6.07, 6.45) is 4.84. The molecular formula is C14H22IN3O. The van der Waals surface area contributed by atoms with E-state index in [4.69, 9.17) is 10.5 Å². The summed E-state index contributed by atoms with van der Waals surface area (Å²) in [6.45, 7) is 1.18. The Bertz CT molecular complexity index is 435. The van der Waals surface area contributed by atoms with E-state index in [2.05, 4.69) is 28.5 Å². The van der Waals surface area contributed by atoms with Crippen LogP contribution >= 0.6 is 24.0 Å². The van der Waals surface area contributed by atoms with Crippen molar-refractivity contribution in [2.24, 2.45) is 10.7 Å². The highest BCUT2D eigenvalue weighted by Crippen LogP contribution is 2.27. The number of anilines is 1. The predicted octanol–water partition coefficient (Wildman–Crippen LogP) is 2.56.